The minimum absolute atomic E-state index is 0.110. The number of benzene rings is 1. The van der Waals surface area contributed by atoms with Crippen molar-refractivity contribution in [2.75, 3.05) is 20.3 Å². The van der Waals surface area contributed by atoms with Crippen LogP contribution in [0.3, 0.4) is 0 Å². The van der Waals surface area contributed by atoms with Gasteiger partial charge in [0.25, 0.3) is 0 Å². The van der Waals surface area contributed by atoms with Crippen LogP contribution >= 0.6 is 0 Å². The summed E-state index contributed by atoms with van der Waals surface area (Å²) in [7, 11) is 1.54. The van der Waals surface area contributed by atoms with Crippen molar-refractivity contribution in [2.24, 2.45) is 0 Å². The highest BCUT2D eigenvalue weighted by Crippen LogP contribution is 2.43. The number of alkyl halides is 2. The van der Waals surface area contributed by atoms with E-state index in [0.717, 1.165) is 12.8 Å². The molecule has 0 spiro atoms. The molecule has 1 aliphatic rings. The van der Waals surface area contributed by atoms with E-state index in [1.807, 2.05) is 18.2 Å². The van der Waals surface area contributed by atoms with Crippen molar-refractivity contribution in [3.63, 3.8) is 0 Å². The summed E-state index contributed by atoms with van der Waals surface area (Å²) in [6.45, 7) is 4.26. The molecule has 27 heavy (non-hydrogen) atoms. The van der Waals surface area contributed by atoms with Crippen molar-refractivity contribution < 1.29 is 27.4 Å². The smallest absolute Gasteiger partial charge is 0.430 e. The predicted molar refractivity (Wildman–Crippen MR) is 99.1 cm³/mol. The second kappa shape index (κ2) is 10.2. The number of allylic oxidation sites excluding steroid dienone is 4. The molecule has 0 fully saturated rings. The summed E-state index contributed by atoms with van der Waals surface area (Å²) < 4.78 is 58.2. The summed E-state index contributed by atoms with van der Waals surface area (Å²) in [6.07, 6.45) is 6.58. The quantitative estimate of drug-likeness (QED) is 0.349. The van der Waals surface area contributed by atoms with E-state index in [-0.39, 0.29) is 23.7 Å². The van der Waals surface area contributed by atoms with Crippen molar-refractivity contribution in [3.8, 4) is 5.75 Å². The summed E-state index contributed by atoms with van der Waals surface area (Å²) in [6, 6.07) is 2.80. The van der Waals surface area contributed by atoms with Crippen LogP contribution in [0.2, 0.25) is 0 Å². The first kappa shape index (κ1) is 21.1. The van der Waals surface area contributed by atoms with Gasteiger partial charge in [0.2, 0.25) is 0 Å². The Morgan fingerprint density at radius 3 is 2.67 bits per heavy atom. The Bertz CT molecular complexity index is 696. The van der Waals surface area contributed by atoms with Crippen molar-refractivity contribution >= 4 is 6.08 Å². The van der Waals surface area contributed by atoms with Crippen molar-refractivity contribution in [2.45, 2.75) is 38.2 Å². The van der Waals surface area contributed by atoms with E-state index in [2.05, 4.69) is 6.58 Å². The first-order chi connectivity index (χ1) is 13.0. The van der Waals surface area contributed by atoms with Crippen LogP contribution in [0, 0.1) is 5.82 Å². The molecule has 0 amide bonds. The SMILES string of the molecule is C=CCC/C=C/CCC1=Cc2ccc(OCCCOC)c(F)c2C(F)(F)O1. The molecule has 0 N–H and O–H groups in total. The Morgan fingerprint density at radius 2 is 1.93 bits per heavy atom. The largest absolute Gasteiger partial charge is 0.490 e. The maximum absolute atomic E-state index is 14.5. The molecule has 148 valence electrons. The van der Waals surface area contributed by atoms with Gasteiger partial charge in [-0.3, -0.25) is 0 Å². The highest BCUT2D eigenvalue weighted by atomic mass is 19.3. The van der Waals surface area contributed by atoms with Gasteiger partial charge < -0.3 is 14.2 Å². The van der Waals surface area contributed by atoms with Crippen LogP contribution in [0.15, 0.2) is 42.7 Å². The molecule has 1 aromatic carbocycles. The van der Waals surface area contributed by atoms with E-state index in [9.17, 15) is 13.2 Å². The fraction of sp³-hybridized carbons (Fsp3) is 0.429. The van der Waals surface area contributed by atoms with Crippen molar-refractivity contribution in [1.82, 2.24) is 0 Å². The van der Waals surface area contributed by atoms with Gasteiger partial charge in [0.05, 0.1) is 6.61 Å². The highest BCUT2D eigenvalue weighted by molar-refractivity contribution is 5.60. The summed E-state index contributed by atoms with van der Waals surface area (Å²) in [5.74, 6) is -1.17. The molecule has 3 nitrogen and oxygen atoms in total. The number of hydrogen-bond acceptors (Lipinski definition) is 3. The summed E-state index contributed by atoms with van der Waals surface area (Å²) in [5, 5.41) is 0. The zero-order valence-corrected chi connectivity index (χ0v) is 15.5. The molecular weight excluding hydrogens is 357 g/mol. The van der Waals surface area contributed by atoms with Gasteiger partial charge in [-0.15, -0.1) is 6.58 Å². The summed E-state index contributed by atoms with van der Waals surface area (Å²) in [4.78, 5) is 0. The molecule has 0 saturated heterocycles. The van der Waals surface area contributed by atoms with Crippen LogP contribution in [0.5, 0.6) is 5.75 Å². The second-order valence-electron chi connectivity index (χ2n) is 6.14. The molecule has 0 bridgehead atoms. The highest BCUT2D eigenvalue weighted by Gasteiger charge is 2.43. The van der Waals surface area contributed by atoms with Crippen LogP contribution in [0.25, 0.3) is 6.08 Å². The molecule has 1 aliphatic heterocycles. The lowest BCUT2D eigenvalue weighted by Gasteiger charge is -2.27. The number of methoxy groups -OCH3 is 1. The summed E-state index contributed by atoms with van der Waals surface area (Å²) >= 11 is 0. The zero-order valence-electron chi connectivity index (χ0n) is 15.5. The fourth-order valence-corrected chi connectivity index (χ4v) is 2.70. The van der Waals surface area contributed by atoms with Gasteiger partial charge in [0.1, 0.15) is 11.3 Å². The van der Waals surface area contributed by atoms with Gasteiger partial charge in [0.15, 0.2) is 11.6 Å². The number of ether oxygens (including phenoxy) is 3. The number of halogens is 3. The Hall–Kier alpha value is -2.21. The molecule has 0 saturated carbocycles. The van der Waals surface area contributed by atoms with Crippen LogP contribution in [-0.4, -0.2) is 20.3 Å². The second-order valence-corrected chi connectivity index (χ2v) is 6.14. The minimum Gasteiger partial charge on any atom is -0.490 e. The van der Waals surface area contributed by atoms with Crippen LogP contribution in [-0.2, 0) is 15.6 Å². The average Bonchev–Trinajstić information content (AvgIpc) is 2.62. The lowest BCUT2D eigenvalue weighted by atomic mass is 10.0. The molecule has 6 heteroatoms. The Labute approximate surface area is 158 Å². The normalized spacial score (nSPS) is 15.2. The standard InChI is InChI=1S/C21H25F3O3/c1-3-4-5-6-7-8-10-17-15-16-11-12-18(26-14-9-13-25-2)20(22)19(16)21(23,24)27-17/h3,6-7,11-12,15H,1,4-5,8-10,13-14H2,2H3/b7-6+. The van der Waals surface area contributed by atoms with Gasteiger partial charge in [-0.2, -0.15) is 8.78 Å². The molecule has 0 unspecified atom stereocenters. The molecule has 1 aromatic rings. The Morgan fingerprint density at radius 1 is 1.15 bits per heavy atom. The molecule has 0 aromatic heterocycles. The van der Waals surface area contributed by atoms with E-state index < -0.39 is 17.5 Å². The number of unbranched alkanes of at least 4 members (excludes halogenated alkanes) is 1. The third kappa shape index (κ3) is 5.89. The lowest BCUT2D eigenvalue weighted by Crippen LogP contribution is -2.24. The van der Waals surface area contributed by atoms with Crippen LogP contribution in [0.1, 0.15) is 43.2 Å². The Kier molecular flexibility index (Phi) is 7.98. The van der Waals surface area contributed by atoms with Gasteiger partial charge in [0, 0.05) is 26.6 Å². The average molecular weight is 382 g/mol. The molecular formula is C21H25F3O3. The first-order valence-corrected chi connectivity index (χ1v) is 8.97. The Balaban J connectivity index is 2.09. The van der Waals surface area contributed by atoms with E-state index in [1.54, 1.807) is 7.11 Å². The van der Waals surface area contributed by atoms with Crippen LogP contribution in [0.4, 0.5) is 13.2 Å². The van der Waals surface area contributed by atoms with Crippen molar-refractivity contribution in [1.29, 1.82) is 0 Å². The van der Waals surface area contributed by atoms with Crippen LogP contribution < -0.4 is 4.74 Å². The van der Waals surface area contributed by atoms with Gasteiger partial charge in [-0.1, -0.05) is 24.3 Å². The third-order valence-electron chi connectivity index (χ3n) is 4.02. The topological polar surface area (TPSA) is 27.7 Å². The molecule has 2 rings (SSSR count). The monoisotopic (exact) mass is 382 g/mol. The van der Waals surface area contributed by atoms with Gasteiger partial charge in [-0.05, 0) is 37.0 Å². The summed E-state index contributed by atoms with van der Waals surface area (Å²) in [5.41, 5.74) is -0.671. The maximum Gasteiger partial charge on any atom is 0.430 e. The fourth-order valence-electron chi connectivity index (χ4n) is 2.70. The van der Waals surface area contributed by atoms with Gasteiger partial charge >= 0.3 is 6.11 Å². The van der Waals surface area contributed by atoms with Gasteiger partial charge in [-0.25, -0.2) is 4.39 Å². The van der Waals surface area contributed by atoms with E-state index in [4.69, 9.17) is 14.2 Å². The molecule has 0 aliphatic carbocycles. The van der Waals surface area contributed by atoms with Crippen molar-refractivity contribution in [3.05, 3.63) is 59.6 Å². The third-order valence-corrected chi connectivity index (χ3v) is 4.02. The predicted octanol–water partition coefficient (Wildman–Crippen LogP) is 5.96. The number of rotatable bonds is 11. The van der Waals surface area contributed by atoms with E-state index in [0.29, 0.717) is 25.9 Å². The zero-order chi connectivity index (χ0) is 19.7. The number of hydrogen-bond donors (Lipinski definition) is 0. The number of fused-ring (bicyclic) bond motifs is 1. The molecule has 0 radical (unpaired) electrons. The van der Waals surface area contributed by atoms with E-state index >= 15 is 0 Å². The minimum atomic E-state index is -3.73. The molecule has 1 heterocycles. The van der Waals surface area contributed by atoms with E-state index in [1.165, 1.54) is 18.2 Å². The maximum atomic E-state index is 14.5. The lowest BCUT2D eigenvalue weighted by molar-refractivity contribution is -0.228. The molecule has 0 atom stereocenters. The first-order valence-electron chi connectivity index (χ1n) is 8.97.